The van der Waals surface area contributed by atoms with Crippen molar-refractivity contribution in [2.45, 2.75) is 4.90 Å². The molecule has 23 heavy (non-hydrogen) atoms. The molecule has 6 nitrogen and oxygen atoms in total. The van der Waals surface area contributed by atoms with E-state index in [1.54, 1.807) is 0 Å². The second-order valence-electron chi connectivity index (χ2n) is 5.06. The number of hydrogen-bond donors (Lipinski definition) is 2. The summed E-state index contributed by atoms with van der Waals surface area (Å²) in [6.45, 7) is 5.99. The van der Waals surface area contributed by atoms with Crippen molar-refractivity contribution in [3.8, 4) is 0 Å². The lowest BCUT2D eigenvalue weighted by atomic mass is 10.3. The molecule has 1 saturated heterocycles. The number of piperazine rings is 1. The van der Waals surface area contributed by atoms with Gasteiger partial charge < -0.3 is 15.1 Å². The molecule has 0 amide bonds. The highest BCUT2D eigenvalue weighted by Crippen LogP contribution is 2.20. The summed E-state index contributed by atoms with van der Waals surface area (Å²) in [7, 11) is 2.19. The van der Waals surface area contributed by atoms with E-state index in [0.29, 0.717) is 0 Å². The Morgan fingerprint density at radius 3 is 2.09 bits per heavy atom. The minimum absolute atomic E-state index is 0.813. The zero-order valence-corrected chi connectivity index (χ0v) is 14.5. The number of hydrogen-bond acceptors (Lipinski definition) is 5. The molecule has 0 radical (unpaired) electrons. The highest BCUT2D eigenvalue weighted by molar-refractivity contribution is 7.99. The lowest BCUT2D eigenvalue weighted by molar-refractivity contribution is -0.159. The molecule has 2 N–H and O–H groups in total. The van der Waals surface area contributed by atoms with Crippen molar-refractivity contribution >= 4 is 35.3 Å². The van der Waals surface area contributed by atoms with Crippen LogP contribution in [0.25, 0.3) is 0 Å². The fourth-order valence-electron chi connectivity index (χ4n) is 1.89. The van der Waals surface area contributed by atoms with E-state index in [1.807, 2.05) is 23.9 Å². The second-order valence-corrected chi connectivity index (χ2v) is 6.66. The number of halogens is 1. The molecule has 0 spiro atoms. The summed E-state index contributed by atoms with van der Waals surface area (Å²) in [5.41, 5.74) is 0. The normalized spacial score (nSPS) is 15.6. The van der Waals surface area contributed by atoms with Crippen molar-refractivity contribution in [2.75, 3.05) is 45.5 Å². The first kappa shape index (κ1) is 19.8. The Kier molecular flexibility index (Phi) is 9.01. The fourth-order valence-corrected chi connectivity index (χ4v) is 2.93. The van der Waals surface area contributed by atoms with E-state index < -0.39 is 11.9 Å². The van der Waals surface area contributed by atoms with Gasteiger partial charge in [0.25, 0.3) is 0 Å². The molecule has 0 aliphatic carbocycles. The van der Waals surface area contributed by atoms with Crippen LogP contribution in [-0.4, -0.2) is 77.5 Å². The van der Waals surface area contributed by atoms with E-state index in [4.69, 9.17) is 31.4 Å². The van der Waals surface area contributed by atoms with Gasteiger partial charge in [-0.3, -0.25) is 4.90 Å². The van der Waals surface area contributed by atoms with Crippen LogP contribution in [0.15, 0.2) is 29.2 Å². The van der Waals surface area contributed by atoms with Crippen LogP contribution in [0.4, 0.5) is 0 Å². The summed E-state index contributed by atoms with van der Waals surface area (Å²) in [5.74, 6) is -2.49. The van der Waals surface area contributed by atoms with Crippen molar-refractivity contribution in [3.63, 3.8) is 0 Å². The van der Waals surface area contributed by atoms with Crippen molar-refractivity contribution in [1.82, 2.24) is 9.80 Å². The summed E-state index contributed by atoms with van der Waals surface area (Å²) < 4.78 is 0. The van der Waals surface area contributed by atoms with Gasteiger partial charge in [-0.25, -0.2) is 9.59 Å². The number of nitrogens with zero attached hydrogens (tertiary/aromatic N) is 2. The van der Waals surface area contributed by atoms with Gasteiger partial charge in [0.15, 0.2) is 0 Å². The summed E-state index contributed by atoms with van der Waals surface area (Å²) in [6.07, 6.45) is 0. The molecule has 1 heterocycles. The van der Waals surface area contributed by atoms with E-state index in [9.17, 15) is 0 Å². The van der Waals surface area contributed by atoms with Gasteiger partial charge in [0.1, 0.15) is 0 Å². The van der Waals surface area contributed by atoms with Crippen LogP contribution in [0.5, 0.6) is 0 Å². The number of carboxylic acids is 2. The zero-order valence-electron chi connectivity index (χ0n) is 12.9. The Balaban J connectivity index is 0.000000379. The third-order valence-corrected chi connectivity index (χ3v) is 4.51. The topological polar surface area (TPSA) is 81.1 Å². The number of carbonyl (C=O) groups is 2. The predicted molar refractivity (Wildman–Crippen MR) is 91.4 cm³/mol. The number of rotatable bonds is 4. The van der Waals surface area contributed by atoms with Crippen molar-refractivity contribution in [1.29, 1.82) is 0 Å². The number of thioether (sulfide) groups is 1. The van der Waals surface area contributed by atoms with Gasteiger partial charge in [-0.2, -0.15) is 0 Å². The zero-order chi connectivity index (χ0) is 17.2. The lowest BCUT2D eigenvalue weighted by Gasteiger charge is -2.32. The van der Waals surface area contributed by atoms with E-state index in [0.717, 1.165) is 10.8 Å². The SMILES string of the molecule is CN1CCN(CCSc2ccc(Cl)cc2)CC1.O=C(O)C(=O)O. The number of carboxylic acid groups (broad SMARTS) is 2. The molecular weight excluding hydrogens is 340 g/mol. The molecule has 1 aromatic carbocycles. The van der Waals surface area contributed by atoms with E-state index >= 15 is 0 Å². The third-order valence-electron chi connectivity index (χ3n) is 3.27. The Hall–Kier alpha value is -1.28. The molecule has 0 bridgehead atoms. The fraction of sp³-hybridized carbons (Fsp3) is 0.467. The molecular formula is C15H21ClN2O4S. The molecule has 0 unspecified atom stereocenters. The average Bonchev–Trinajstić information content (AvgIpc) is 2.52. The average molecular weight is 361 g/mol. The molecule has 0 atom stereocenters. The largest absolute Gasteiger partial charge is 0.473 e. The summed E-state index contributed by atoms with van der Waals surface area (Å²) in [5, 5.41) is 15.6. The first-order valence-electron chi connectivity index (χ1n) is 7.14. The molecule has 1 aromatic rings. The Morgan fingerprint density at radius 2 is 1.61 bits per heavy atom. The maximum absolute atomic E-state index is 9.10. The van der Waals surface area contributed by atoms with Crippen LogP contribution < -0.4 is 0 Å². The Labute approximate surface area is 145 Å². The second kappa shape index (κ2) is 10.5. The molecule has 0 aromatic heterocycles. The minimum atomic E-state index is -1.82. The van der Waals surface area contributed by atoms with Crippen LogP contribution in [-0.2, 0) is 9.59 Å². The van der Waals surface area contributed by atoms with Crippen LogP contribution in [0.1, 0.15) is 0 Å². The molecule has 2 rings (SSSR count). The standard InChI is InChI=1S/C13H19ClN2S.C2H2O4/c1-15-6-8-16(9-7-15)10-11-17-13-4-2-12(14)3-5-13;3-1(4)2(5)6/h2-5H,6-11H2,1H3;(H,3,4)(H,5,6). The van der Waals surface area contributed by atoms with Gasteiger partial charge in [-0.1, -0.05) is 11.6 Å². The van der Waals surface area contributed by atoms with Crippen molar-refractivity contribution in [2.24, 2.45) is 0 Å². The Morgan fingerprint density at radius 1 is 1.09 bits per heavy atom. The van der Waals surface area contributed by atoms with Gasteiger partial charge in [-0.05, 0) is 31.3 Å². The summed E-state index contributed by atoms with van der Waals surface area (Å²) in [4.78, 5) is 24.4. The number of likely N-dealkylation sites (N-methyl/N-ethyl adjacent to an activating group) is 1. The molecule has 0 saturated carbocycles. The highest BCUT2D eigenvalue weighted by Gasteiger charge is 2.12. The van der Waals surface area contributed by atoms with Crippen LogP contribution in [0.2, 0.25) is 5.02 Å². The van der Waals surface area contributed by atoms with E-state index in [2.05, 4.69) is 29.0 Å². The molecule has 8 heteroatoms. The van der Waals surface area contributed by atoms with Gasteiger partial charge >= 0.3 is 11.9 Å². The van der Waals surface area contributed by atoms with Crippen LogP contribution >= 0.6 is 23.4 Å². The monoisotopic (exact) mass is 360 g/mol. The molecule has 1 fully saturated rings. The molecule has 1 aliphatic heterocycles. The smallest absolute Gasteiger partial charge is 0.414 e. The number of benzene rings is 1. The maximum atomic E-state index is 9.10. The van der Waals surface area contributed by atoms with Gasteiger partial charge in [0, 0.05) is 48.4 Å². The quantitative estimate of drug-likeness (QED) is 0.626. The minimum Gasteiger partial charge on any atom is -0.473 e. The van der Waals surface area contributed by atoms with Crippen molar-refractivity contribution in [3.05, 3.63) is 29.3 Å². The lowest BCUT2D eigenvalue weighted by Crippen LogP contribution is -2.45. The summed E-state index contributed by atoms with van der Waals surface area (Å²) >= 11 is 7.77. The molecule has 1 aliphatic rings. The Bertz CT molecular complexity index is 493. The van der Waals surface area contributed by atoms with Gasteiger partial charge in [0.2, 0.25) is 0 Å². The third kappa shape index (κ3) is 8.80. The van der Waals surface area contributed by atoms with Crippen LogP contribution in [0.3, 0.4) is 0 Å². The first-order chi connectivity index (χ1) is 10.9. The predicted octanol–water partition coefficient (Wildman–Crippen LogP) is 1.84. The van der Waals surface area contributed by atoms with Crippen molar-refractivity contribution < 1.29 is 19.8 Å². The van der Waals surface area contributed by atoms with Gasteiger partial charge in [0.05, 0.1) is 0 Å². The van der Waals surface area contributed by atoms with Gasteiger partial charge in [-0.15, -0.1) is 11.8 Å². The highest BCUT2D eigenvalue weighted by atomic mass is 35.5. The molecule has 128 valence electrons. The van der Waals surface area contributed by atoms with Crippen LogP contribution in [0, 0.1) is 0 Å². The first-order valence-corrected chi connectivity index (χ1v) is 8.50. The number of aliphatic carboxylic acids is 2. The van der Waals surface area contributed by atoms with E-state index in [-0.39, 0.29) is 0 Å². The summed E-state index contributed by atoms with van der Waals surface area (Å²) in [6, 6.07) is 8.10. The van der Waals surface area contributed by atoms with E-state index in [1.165, 1.54) is 37.6 Å². The maximum Gasteiger partial charge on any atom is 0.414 e.